The van der Waals surface area contributed by atoms with Gasteiger partial charge in [-0.15, -0.1) is 0 Å². The van der Waals surface area contributed by atoms with Gasteiger partial charge in [0, 0.05) is 30.5 Å². The molecule has 1 aliphatic carbocycles. The number of nitrogens with zero attached hydrogens (tertiary/aromatic N) is 3. The maximum Gasteiger partial charge on any atom is 0.270 e. The summed E-state index contributed by atoms with van der Waals surface area (Å²) in [4.78, 5) is 31.6. The highest BCUT2D eigenvalue weighted by atomic mass is 19.1. The monoisotopic (exact) mass is 351 g/mol. The lowest BCUT2D eigenvalue weighted by atomic mass is 10.1. The zero-order valence-electron chi connectivity index (χ0n) is 14.4. The number of aryl methyl sites for hydroxylation is 1. The van der Waals surface area contributed by atoms with Gasteiger partial charge >= 0.3 is 0 Å². The third kappa shape index (κ3) is 2.98. The van der Waals surface area contributed by atoms with Crippen LogP contribution in [-0.4, -0.2) is 26.2 Å². The molecule has 0 N–H and O–H groups in total. The number of halogens is 1. The van der Waals surface area contributed by atoms with E-state index in [1.807, 2.05) is 13.0 Å². The number of carbonyl (C=O) groups excluding carboxylic acids is 1. The van der Waals surface area contributed by atoms with E-state index in [0.717, 1.165) is 18.4 Å². The summed E-state index contributed by atoms with van der Waals surface area (Å²) in [5.74, 6) is -0.751. The molecule has 0 spiro atoms. The Balaban J connectivity index is 1.73. The fourth-order valence-electron chi connectivity index (χ4n) is 3.05. The van der Waals surface area contributed by atoms with Crippen LogP contribution in [0.25, 0.3) is 5.65 Å². The van der Waals surface area contributed by atoms with E-state index in [-0.39, 0.29) is 24.0 Å². The Morgan fingerprint density at radius 3 is 2.77 bits per heavy atom. The molecule has 6 heteroatoms. The molecule has 2 heterocycles. The molecule has 1 saturated carbocycles. The third-order valence-electron chi connectivity index (χ3n) is 4.63. The molecule has 1 fully saturated rings. The van der Waals surface area contributed by atoms with Gasteiger partial charge in [0.15, 0.2) is 0 Å². The molecule has 1 aliphatic rings. The average molecular weight is 351 g/mol. The van der Waals surface area contributed by atoms with Gasteiger partial charge in [-0.05, 0) is 37.5 Å². The quantitative estimate of drug-likeness (QED) is 0.726. The van der Waals surface area contributed by atoms with E-state index in [1.165, 1.54) is 16.7 Å². The second-order valence-corrected chi connectivity index (χ2v) is 6.67. The van der Waals surface area contributed by atoms with E-state index in [4.69, 9.17) is 0 Å². The van der Waals surface area contributed by atoms with Crippen molar-refractivity contribution >= 4 is 11.6 Å². The summed E-state index contributed by atoms with van der Waals surface area (Å²) in [5.41, 5.74) is 1.44. The van der Waals surface area contributed by atoms with Crippen LogP contribution in [0.5, 0.6) is 0 Å². The summed E-state index contributed by atoms with van der Waals surface area (Å²) >= 11 is 0. The zero-order chi connectivity index (χ0) is 18.3. The average Bonchev–Trinajstić information content (AvgIpc) is 3.46. The van der Waals surface area contributed by atoms with Gasteiger partial charge < -0.3 is 4.90 Å². The van der Waals surface area contributed by atoms with E-state index in [2.05, 4.69) is 4.98 Å². The molecule has 0 bridgehead atoms. The number of hydrogen-bond donors (Lipinski definition) is 0. The molecule has 5 nitrogen and oxygen atoms in total. The second kappa shape index (κ2) is 6.37. The van der Waals surface area contributed by atoms with Crippen molar-refractivity contribution in [3.8, 4) is 0 Å². The molecule has 1 aromatic carbocycles. The van der Waals surface area contributed by atoms with Gasteiger partial charge in [0.25, 0.3) is 11.5 Å². The van der Waals surface area contributed by atoms with Crippen LogP contribution in [-0.2, 0) is 6.54 Å². The summed E-state index contributed by atoms with van der Waals surface area (Å²) in [6, 6.07) is 10.0. The lowest BCUT2D eigenvalue weighted by Gasteiger charge is -2.22. The van der Waals surface area contributed by atoms with Crippen LogP contribution in [0.3, 0.4) is 0 Å². The van der Waals surface area contributed by atoms with Crippen LogP contribution >= 0.6 is 0 Å². The minimum atomic E-state index is -0.400. The fraction of sp³-hybridized carbons (Fsp3) is 0.250. The van der Waals surface area contributed by atoms with Gasteiger partial charge in [-0.1, -0.05) is 24.3 Å². The number of pyridine rings is 1. The first-order valence-electron chi connectivity index (χ1n) is 8.57. The molecule has 0 radical (unpaired) electrons. The molecular weight excluding hydrogens is 333 g/mol. The zero-order valence-corrected chi connectivity index (χ0v) is 14.4. The van der Waals surface area contributed by atoms with Gasteiger partial charge in [-0.2, -0.15) is 0 Å². The maximum absolute atomic E-state index is 14.0. The Morgan fingerprint density at radius 2 is 2.04 bits per heavy atom. The maximum atomic E-state index is 14.0. The Labute approximate surface area is 149 Å². The van der Waals surface area contributed by atoms with Crippen molar-refractivity contribution in [1.82, 2.24) is 14.3 Å². The summed E-state index contributed by atoms with van der Waals surface area (Å²) in [6.45, 7) is 2.02. The predicted molar refractivity (Wildman–Crippen MR) is 95.5 cm³/mol. The summed E-state index contributed by atoms with van der Waals surface area (Å²) in [6.07, 6.45) is 4.72. The van der Waals surface area contributed by atoms with Crippen molar-refractivity contribution in [2.45, 2.75) is 32.4 Å². The molecule has 0 aliphatic heterocycles. The van der Waals surface area contributed by atoms with Crippen LogP contribution in [0, 0.1) is 12.7 Å². The molecule has 2 aromatic heterocycles. The highest BCUT2D eigenvalue weighted by Crippen LogP contribution is 2.29. The van der Waals surface area contributed by atoms with Crippen LogP contribution in [0.15, 0.2) is 53.6 Å². The van der Waals surface area contributed by atoms with Crippen LogP contribution in [0.2, 0.25) is 0 Å². The van der Waals surface area contributed by atoms with E-state index in [1.54, 1.807) is 35.4 Å². The van der Waals surface area contributed by atoms with Gasteiger partial charge in [0.2, 0.25) is 0 Å². The van der Waals surface area contributed by atoms with Crippen molar-refractivity contribution in [3.63, 3.8) is 0 Å². The Kier molecular flexibility index (Phi) is 4.03. The van der Waals surface area contributed by atoms with E-state index in [9.17, 15) is 14.0 Å². The van der Waals surface area contributed by atoms with Crippen molar-refractivity contribution in [2.75, 3.05) is 0 Å². The van der Waals surface area contributed by atoms with Gasteiger partial charge in [-0.3, -0.25) is 14.0 Å². The number of hydrogen-bond acceptors (Lipinski definition) is 3. The van der Waals surface area contributed by atoms with Gasteiger partial charge in [0.05, 0.1) is 0 Å². The summed E-state index contributed by atoms with van der Waals surface area (Å²) in [7, 11) is 0. The standard InChI is InChI=1S/C20H18FN3O2/c1-13-6-9-18-22-10-16(20(26)24(18)11-13)19(25)23(15-7-8-15)12-14-4-2-3-5-17(14)21/h2-6,9-11,15H,7-8,12H2,1H3. The third-order valence-corrected chi connectivity index (χ3v) is 4.63. The predicted octanol–water partition coefficient (Wildman–Crippen LogP) is 2.95. The summed E-state index contributed by atoms with van der Waals surface area (Å²) < 4.78 is 15.4. The summed E-state index contributed by atoms with van der Waals surface area (Å²) in [5, 5.41) is 0. The second-order valence-electron chi connectivity index (χ2n) is 6.67. The first kappa shape index (κ1) is 16.4. The molecule has 0 atom stereocenters. The lowest BCUT2D eigenvalue weighted by Crippen LogP contribution is -2.37. The Hall–Kier alpha value is -3.02. The first-order valence-corrected chi connectivity index (χ1v) is 8.57. The van der Waals surface area contributed by atoms with E-state index in [0.29, 0.717) is 11.2 Å². The van der Waals surface area contributed by atoms with Crippen LogP contribution in [0.1, 0.15) is 34.3 Å². The van der Waals surface area contributed by atoms with Crippen molar-refractivity contribution in [1.29, 1.82) is 0 Å². The van der Waals surface area contributed by atoms with Crippen LogP contribution < -0.4 is 5.56 Å². The molecule has 26 heavy (non-hydrogen) atoms. The minimum Gasteiger partial charge on any atom is -0.331 e. The number of fused-ring (bicyclic) bond motifs is 1. The van der Waals surface area contributed by atoms with Crippen molar-refractivity contribution < 1.29 is 9.18 Å². The van der Waals surface area contributed by atoms with Crippen LogP contribution in [0.4, 0.5) is 4.39 Å². The molecule has 0 saturated heterocycles. The highest BCUT2D eigenvalue weighted by Gasteiger charge is 2.34. The topological polar surface area (TPSA) is 54.7 Å². The molecule has 0 unspecified atom stereocenters. The van der Waals surface area contributed by atoms with Gasteiger partial charge in [0.1, 0.15) is 17.0 Å². The lowest BCUT2D eigenvalue weighted by molar-refractivity contribution is 0.0726. The molecule has 4 rings (SSSR count). The first-order chi connectivity index (χ1) is 12.5. The normalized spacial score (nSPS) is 13.8. The van der Waals surface area contributed by atoms with E-state index < -0.39 is 11.5 Å². The van der Waals surface area contributed by atoms with Crippen molar-refractivity contribution in [3.05, 3.63) is 81.7 Å². The number of carbonyl (C=O) groups is 1. The highest BCUT2D eigenvalue weighted by molar-refractivity contribution is 5.94. The number of rotatable bonds is 4. The Morgan fingerprint density at radius 1 is 1.27 bits per heavy atom. The number of aromatic nitrogens is 2. The number of amides is 1. The largest absolute Gasteiger partial charge is 0.331 e. The number of benzene rings is 1. The molecule has 1 amide bonds. The molecular formula is C20H18FN3O2. The van der Waals surface area contributed by atoms with E-state index >= 15 is 0 Å². The SMILES string of the molecule is Cc1ccc2ncc(C(=O)N(Cc3ccccc3F)C3CC3)c(=O)n2c1. The Bertz CT molecular complexity index is 1060. The molecule has 132 valence electrons. The van der Waals surface area contributed by atoms with Gasteiger partial charge in [-0.25, -0.2) is 9.37 Å². The fourth-order valence-corrected chi connectivity index (χ4v) is 3.05. The minimum absolute atomic E-state index is 0.0105. The smallest absolute Gasteiger partial charge is 0.270 e. The van der Waals surface area contributed by atoms with Crippen molar-refractivity contribution in [2.24, 2.45) is 0 Å². The molecule has 3 aromatic rings.